The average molecular weight is 363 g/mol. The molecule has 0 bridgehead atoms. The fraction of sp³-hybridized carbons (Fsp3) is 0.350. The van der Waals surface area contributed by atoms with Gasteiger partial charge in [-0.2, -0.15) is 10.5 Å². The van der Waals surface area contributed by atoms with Crippen LogP contribution < -0.4 is 16.0 Å². The van der Waals surface area contributed by atoms with Gasteiger partial charge in [0, 0.05) is 12.1 Å². The lowest BCUT2D eigenvalue weighted by atomic mass is 9.96. The molecule has 3 N–H and O–H groups in total. The van der Waals surface area contributed by atoms with Gasteiger partial charge in [-0.15, -0.1) is 0 Å². The zero-order chi connectivity index (χ0) is 19.2. The molecular weight excluding hydrogens is 342 g/mol. The molecule has 27 heavy (non-hydrogen) atoms. The van der Waals surface area contributed by atoms with E-state index in [9.17, 15) is 15.3 Å². The summed E-state index contributed by atoms with van der Waals surface area (Å²) in [6, 6.07) is 10.9. The molecule has 1 aliphatic rings. The predicted octanol–water partition coefficient (Wildman–Crippen LogP) is 2.23. The van der Waals surface area contributed by atoms with Gasteiger partial charge in [0.25, 0.3) is 5.56 Å². The Balaban J connectivity index is 1.85. The number of nitrogens with one attached hydrogen (secondary N) is 1. The second-order valence-corrected chi connectivity index (χ2v) is 6.50. The average Bonchev–Trinajstić information content (AvgIpc) is 2.68. The summed E-state index contributed by atoms with van der Waals surface area (Å²) in [5, 5.41) is 18.8. The Bertz CT molecular complexity index is 962. The molecule has 0 aliphatic carbocycles. The Morgan fingerprint density at radius 3 is 2.59 bits per heavy atom. The highest BCUT2D eigenvalue weighted by Crippen LogP contribution is 2.30. The third-order valence-electron chi connectivity index (χ3n) is 4.72. The number of hydrogen-bond donors (Lipinski definition) is 2. The highest BCUT2D eigenvalue weighted by Gasteiger charge is 2.18. The monoisotopic (exact) mass is 363 g/mol. The van der Waals surface area contributed by atoms with Crippen LogP contribution in [0, 0.1) is 22.7 Å². The Morgan fingerprint density at radius 2 is 1.89 bits per heavy atom. The molecular formula is C20H21N5O2. The molecule has 1 saturated heterocycles. The number of benzene rings is 1. The van der Waals surface area contributed by atoms with E-state index in [1.165, 1.54) is 19.3 Å². The summed E-state index contributed by atoms with van der Waals surface area (Å²) in [7, 11) is 0. The summed E-state index contributed by atoms with van der Waals surface area (Å²) in [6.45, 7) is 3.62. The first kappa shape index (κ1) is 18.5. The van der Waals surface area contributed by atoms with Crippen LogP contribution in [0.3, 0.4) is 0 Å². The number of anilines is 1. The van der Waals surface area contributed by atoms with E-state index in [0.717, 1.165) is 19.6 Å². The van der Waals surface area contributed by atoms with Crippen molar-refractivity contribution in [2.24, 2.45) is 0 Å². The van der Waals surface area contributed by atoms with Crippen molar-refractivity contribution in [3.8, 4) is 29.0 Å². The lowest BCUT2D eigenvalue weighted by molar-refractivity contribution is 0.183. The third kappa shape index (κ3) is 4.11. The van der Waals surface area contributed by atoms with E-state index in [-0.39, 0.29) is 22.5 Å². The first-order valence-electron chi connectivity index (χ1n) is 8.95. The van der Waals surface area contributed by atoms with Gasteiger partial charge < -0.3 is 15.5 Å². The number of nitriles is 2. The number of H-pyrrole nitrogens is 1. The quantitative estimate of drug-likeness (QED) is 0.841. The summed E-state index contributed by atoms with van der Waals surface area (Å²) < 4.78 is 5.85. The molecule has 138 valence electrons. The summed E-state index contributed by atoms with van der Waals surface area (Å²) in [5.74, 6) is 0.573. The third-order valence-corrected chi connectivity index (χ3v) is 4.72. The van der Waals surface area contributed by atoms with Gasteiger partial charge in [-0.25, -0.2) is 0 Å². The van der Waals surface area contributed by atoms with Crippen LogP contribution in [0.15, 0.2) is 29.1 Å². The minimum Gasteiger partial charge on any atom is -0.492 e. The normalized spacial score (nSPS) is 14.3. The summed E-state index contributed by atoms with van der Waals surface area (Å²) in [6.07, 6.45) is 3.75. The van der Waals surface area contributed by atoms with E-state index in [1.54, 1.807) is 18.2 Å². The van der Waals surface area contributed by atoms with Crippen LogP contribution in [-0.2, 0) is 0 Å². The molecule has 0 saturated carbocycles. The van der Waals surface area contributed by atoms with E-state index in [4.69, 9.17) is 10.5 Å². The van der Waals surface area contributed by atoms with Crippen LogP contribution in [-0.4, -0.2) is 36.1 Å². The van der Waals surface area contributed by atoms with Crippen molar-refractivity contribution in [2.45, 2.75) is 19.3 Å². The van der Waals surface area contributed by atoms with E-state index in [2.05, 4.69) is 9.88 Å². The molecule has 1 fully saturated rings. The number of piperidine rings is 1. The minimum atomic E-state index is -0.611. The first-order valence-corrected chi connectivity index (χ1v) is 8.95. The molecule has 2 aromatic rings. The molecule has 0 atom stereocenters. The SMILES string of the molecule is N#Cc1c(N)[nH]c(=O)c(C#N)c1-c1cccc(OCCN2CCCCC2)c1. The standard InChI is InChI=1S/C20H21N5O2/c21-12-16-18(17(13-22)20(26)24-19(16)23)14-5-4-6-15(11-14)27-10-9-25-7-2-1-3-8-25/h4-6,11H,1-3,7-10H2,(H3,23,24,26). The van der Waals surface area contributed by atoms with Crippen molar-refractivity contribution < 1.29 is 4.74 Å². The van der Waals surface area contributed by atoms with Gasteiger partial charge in [0.1, 0.15) is 41.4 Å². The lowest BCUT2D eigenvalue weighted by Crippen LogP contribution is -2.33. The molecule has 3 rings (SSSR count). The number of aromatic amines is 1. The number of nitrogen functional groups attached to an aromatic ring is 1. The van der Waals surface area contributed by atoms with Gasteiger partial charge in [-0.3, -0.25) is 9.69 Å². The maximum Gasteiger partial charge on any atom is 0.268 e. The number of nitrogens with zero attached hydrogens (tertiary/aromatic N) is 3. The van der Waals surface area contributed by atoms with Crippen LogP contribution in [0.4, 0.5) is 5.82 Å². The molecule has 1 aromatic carbocycles. The van der Waals surface area contributed by atoms with Crippen molar-refractivity contribution in [2.75, 3.05) is 32.0 Å². The molecule has 1 aliphatic heterocycles. The Morgan fingerprint density at radius 1 is 1.15 bits per heavy atom. The second kappa shape index (κ2) is 8.39. The van der Waals surface area contributed by atoms with E-state index < -0.39 is 5.56 Å². The summed E-state index contributed by atoms with van der Waals surface area (Å²) >= 11 is 0. The number of ether oxygens (including phenoxy) is 1. The predicted molar refractivity (Wildman–Crippen MR) is 102 cm³/mol. The molecule has 0 spiro atoms. The molecule has 2 heterocycles. The fourth-order valence-corrected chi connectivity index (χ4v) is 3.35. The van der Waals surface area contributed by atoms with Crippen LogP contribution >= 0.6 is 0 Å². The number of rotatable bonds is 5. The van der Waals surface area contributed by atoms with Crippen LogP contribution in [0.2, 0.25) is 0 Å². The van der Waals surface area contributed by atoms with Crippen molar-refractivity contribution in [1.29, 1.82) is 10.5 Å². The van der Waals surface area contributed by atoms with Crippen LogP contribution in [0.1, 0.15) is 30.4 Å². The summed E-state index contributed by atoms with van der Waals surface area (Å²) in [5.41, 5.74) is 5.90. The zero-order valence-corrected chi connectivity index (χ0v) is 15.0. The fourth-order valence-electron chi connectivity index (χ4n) is 3.35. The minimum absolute atomic E-state index is 0.0482. The Kier molecular flexibility index (Phi) is 5.75. The molecule has 0 radical (unpaired) electrons. The van der Waals surface area contributed by atoms with E-state index in [1.807, 2.05) is 18.2 Å². The molecule has 0 amide bonds. The Hall–Kier alpha value is -3.29. The highest BCUT2D eigenvalue weighted by atomic mass is 16.5. The van der Waals surface area contributed by atoms with Crippen molar-refractivity contribution in [1.82, 2.24) is 9.88 Å². The van der Waals surface area contributed by atoms with Gasteiger partial charge in [-0.1, -0.05) is 18.6 Å². The topological polar surface area (TPSA) is 119 Å². The smallest absolute Gasteiger partial charge is 0.268 e. The first-order chi connectivity index (χ1) is 13.1. The molecule has 7 heteroatoms. The van der Waals surface area contributed by atoms with Crippen LogP contribution in [0.5, 0.6) is 5.75 Å². The maximum absolute atomic E-state index is 12.1. The Labute approximate surface area is 157 Å². The number of aromatic nitrogens is 1. The van der Waals surface area contributed by atoms with Gasteiger partial charge in [0.05, 0.1) is 0 Å². The molecule has 0 unspecified atom stereocenters. The highest BCUT2D eigenvalue weighted by molar-refractivity contribution is 5.80. The number of likely N-dealkylation sites (tertiary alicyclic amines) is 1. The zero-order valence-electron chi connectivity index (χ0n) is 15.0. The number of pyridine rings is 1. The van der Waals surface area contributed by atoms with Crippen molar-refractivity contribution in [3.63, 3.8) is 0 Å². The van der Waals surface area contributed by atoms with Crippen molar-refractivity contribution >= 4 is 5.82 Å². The molecule has 7 nitrogen and oxygen atoms in total. The number of nitrogens with two attached hydrogens (primary N) is 1. The molecule has 1 aromatic heterocycles. The second-order valence-electron chi connectivity index (χ2n) is 6.50. The largest absolute Gasteiger partial charge is 0.492 e. The van der Waals surface area contributed by atoms with Gasteiger partial charge in [0.2, 0.25) is 0 Å². The van der Waals surface area contributed by atoms with Gasteiger partial charge in [-0.05, 0) is 43.6 Å². The lowest BCUT2D eigenvalue weighted by Gasteiger charge is -2.26. The van der Waals surface area contributed by atoms with Crippen molar-refractivity contribution in [3.05, 3.63) is 45.7 Å². The van der Waals surface area contributed by atoms with Gasteiger partial charge in [0.15, 0.2) is 0 Å². The van der Waals surface area contributed by atoms with Crippen LogP contribution in [0.25, 0.3) is 11.1 Å². The summed E-state index contributed by atoms with van der Waals surface area (Å²) in [4.78, 5) is 16.8. The van der Waals surface area contributed by atoms with E-state index in [0.29, 0.717) is 17.9 Å². The van der Waals surface area contributed by atoms with Gasteiger partial charge >= 0.3 is 0 Å². The maximum atomic E-state index is 12.1. The van der Waals surface area contributed by atoms with E-state index >= 15 is 0 Å². The number of hydrogen-bond acceptors (Lipinski definition) is 6.